The van der Waals surface area contributed by atoms with Crippen molar-refractivity contribution >= 4 is 33.2 Å². The van der Waals surface area contributed by atoms with Crippen LogP contribution in [0.2, 0.25) is 0 Å². The van der Waals surface area contributed by atoms with E-state index in [1.807, 2.05) is 0 Å². The van der Waals surface area contributed by atoms with Crippen LogP contribution in [0.15, 0.2) is 22.7 Å². The van der Waals surface area contributed by atoms with E-state index in [4.69, 9.17) is 0 Å². The van der Waals surface area contributed by atoms with Gasteiger partial charge in [-0.05, 0) is 12.1 Å². The van der Waals surface area contributed by atoms with Crippen molar-refractivity contribution in [3.63, 3.8) is 0 Å². The molecule has 0 bridgehead atoms. The number of anilines is 1. The quantitative estimate of drug-likeness (QED) is 0.686. The SMILES string of the molecule is CC(C)C(=O)Nc1ccc(Br)cc1[N+](=O)[O-]. The number of carbonyl (C=O) groups excluding carboxylic acids is 1. The number of hydrogen-bond acceptors (Lipinski definition) is 3. The number of carbonyl (C=O) groups is 1. The van der Waals surface area contributed by atoms with E-state index >= 15 is 0 Å². The minimum absolute atomic E-state index is 0.122. The molecule has 1 rings (SSSR count). The Balaban J connectivity index is 3.04. The minimum Gasteiger partial charge on any atom is -0.320 e. The summed E-state index contributed by atoms with van der Waals surface area (Å²) in [6.07, 6.45) is 0. The van der Waals surface area contributed by atoms with Gasteiger partial charge in [0.1, 0.15) is 5.69 Å². The van der Waals surface area contributed by atoms with Crippen LogP contribution in [0.4, 0.5) is 11.4 Å². The fourth-order valence-electron chi connectivity index (χ4n) is 1.04. The molecule has 0 saturated heterocycles. The van der Waals surface area contributed by atoms with Gasteiger partial charge in [0.2, 0.25) is 5.91 Å². The van der Waals surface area contributed by atoms with Crippen LogP contribution in [-0.4, -0.2) is 10.8 Å². The van der Waals surface area contributed by atoms with E-state index in [9.17, 15) is 14.9 Å². The summed E-state index contributed by atoms with van der Waals surface area (Å²) in [4.78, 5) is 21.7. The average Bonchev–Trinajstić information content (AvgIpc) is 2.20. The van der Waals surface area contributed by atoms with Crippen LogP contribution in [0.5, 0.6) is 0 Å². The molecule has 0 atom stereocenters. The van der Waals surface area contributed by atoms with Crippen LogP contribution in [0, 0.1) is 16.0 Å². The molecule has 1 amide bonds. The summed E-state index contributed by atoms with van der Waals surface area (Å²) in [7, 11) is 0. The van der Waals surface area contributed by atoms with Crippen LogP contribution >= 0.6 is 15.9 Å². The average molecular weight is 287 g/mol. The Bertz CT molecular complexity index is 432. The molecule has 86 valence electrons. The van der Waals surface area contributed by atoms with Crippen molar-refractivity contribution in [1.29, 1.82) is 0 Å². The van der Waals surface area contributed by atoms with E-state index in [0.717, 1.165) is 0 Å². The molecule has 0 fully saturated rings. The molecule has 5 nitrogen and oxygen atoms in total. The number of nitro groups is 1. The van der Waals surface area contributed by atoms with E-state index in [2.05, 4.69) is 21.2 Å². The van der Waals surface area contributed by atoms with Crippen molar-refractivity contribution in [2.24, 2.45) is 5.92 Å². The first-order valence-corrected chi connectivity index (χ1v) is 5.46. The van der Waals surface area contributed by atoms with Crippen LogP contribution in [0.25, 0.3) is 0 Å². The Kier molecular flexibility index (Phi) is 4.00. The molecule has 0 saturated carbocycles. The van der Waals surface area contributed by atoms with Gasteiger partial charge in [-0.3, -0.25) is 14.9 Å². The van der Waals surface area contributed by atoms with Crippen molar-refractivity contribution in [1.82, 2.24) is 0 Å². The predicted molar refractivity (Wildman–Crippen MR) is 64.3 cm³/mol. The third-order valence-electron chi connectivity index (χ3n) is 1.94. The number of halogens is 1. The molecule has 0 aliphatic heterocycles. The molecule has 0 heterocycles. The summed E-state index contributed by atoms with van der Waals surface area (Å²) in [5.41, 5.74) is 0.0928. The molecule has 0 spiro atoms. The van der Waals surface area contributed by atoms with E-state index in [0.29, 0.717) is 4.47 Å². The highest BCUT2D eigenvalue weighted by Gasteiger charge is 2.17. The maximum atomic E-state index is 11.4. The third kappa shape index (κ3) is 3.03. The monoisotopic (exact) mass is 286 g/mol. The zero-order chi connectivity index (χ0) is 12.3. The topological polar surface area (TPSA) is 72.2 Å². The van der Waals surface area contributed by atoms with Gasteiger partial charge >= 0.3 is 0 Å². The zero-order valence-electron chi connectivity index (χ0n) is 8.86. The third-order valence-corrected chi connectivity index (χ3v) is 2.43. The molecular weight excluding hydrogens is 276 g/mol. The zero-order valence-corrected chi connectivity index (χ0v) is 10.4. The second-order valence-electron chi connectivity index (χ2n) is 3.56. The Labute approximate surface area is 101 Å². The maximum Gasteiger partial charge on any atom is 0.293 e. The Morgan fingerprint density at radius 2 is 2.12 bits per heavy atom. The van der Waals surface area contributed by atoms with E-state index in [-0.39, 0.29) is 23.2 Å². The van der Waals surface area contributed by atoms with Gasteiger partial charge in [0.15, 0.2) is 0 Å². The first-order chi connectivity index (χ1) is 7.41. The first-order valence-electron chi connectivity index (χ1n) is 4.66. The van der Waals surface area contributed by atoms with Crippen molar-refractivity contribution in [2.45, 2.75) is 13.8 Å². The van der Waals surface area contributed by atoms with Gasteiger partial charge in [-0.15, -0.1) is 0 Å². The summed E-state index contributed by atoms with van der Waals surface area (Å²) in [6.45, 7) is 3.44. The van der Waals surface area contributed by atoms with Crippen molar-refractivity contribution in [3.8, 4) is 0 Å². The molecule has 0 aliphatic carbocycles. The summed E-state index contributed by atoms with van der Waals surface area (Å²) in [5, 5.41) is 13.3. The molecule has 1 aromatic rings. The first kappa shape index (κ1) is 12.6. The van der Waals surface area contributed by atoms with Gasteiger partial charge in [0, 0.05) is 16.5 Å². The van der Waals surface area contributed by atoms with E-state index in [1.54, 1.807) is 19.9 Å². The second-order valence-corrected chi connectivity index (χ2v) is 4.48. The van der Waals surface area contributed by atoms with Gasteiger partial charge in [-0.2, -0.15) is 0 Å². The minimum atomic E-state index is -0.527. The molecule has 0 unspecified atom stereocenters. The standard InChI is InChI=1S/C10H11BrN2O3/c1-6(2)10(14)12-8-4-3-7(11)5-9(8)13(15)16/h3-6H,1-2H3,(H,12,14). The van der Waals surface area contributed by atoms with Crippen LogP contribution in [0.3, 0.4) is 0 Å². The highest BCUT2D eigenvalue weighted by Crippen LogP contribution is 2.28. The van der Waals surface area contributed by atoms with Crippen molar-refractivity contribution < 1.29 is 9.72 Å². The fraction of sp³-hybridized carbons (Fsp3) is 0.300. The van der Waals surface area contributed by atoms with Gasteiger partial charge < -0.3 is 5.32 Å². The second kappa shape index (κ2) is 5.07. The Morgan fingerprint density at radius 3 is 2.62 bits per heavy atom. The number of amides is 1. The number of benzene rings is 1. The number of hydrogen-bond donors (Lipinski definition) is 1. The highest BCUT2D eigenvalue weighted by atomic mass is 79.9. The summed E-state index contributed by atoms with van der Waals surface area (Å²) < 4.78 is 0.599. The van der Waals surface area contributed by atoms with Gasteiger partial charge in [-0.25, -0.2) is 0 Å². The normalized spacial score (nSPS) is 10.2. The number of nitrogens with zero attached hydrogens (tertiary/aromatic N) is 1. The summed E-state index contributed by atoms with van der Waals surface area (Å²) in [5.74, 6) is -0.464. The lowest BCUT2D eigenvalue weighted by atomic mass is 10.2. The molecule has 0 aromatic heterocycles. The van der Waals surface area contributed by atoms with Gasteiger partial charge in [0.25, 0.3) is 5.69 Å². The van der Waals surface area contributed by atoms with Crippen LogP contribution in [-0.2, 0) is 4.79 Å². The Hall–Kier alpha value is -1.43. The maximum absolute atomic E-state index is 11.4. The van der Waals surface area contributed by atoms with E-state index in [1.165, 1.54) is 12.1 Å². The van der Waals surface area contributed by atoms with Crippen molar-refractivity contribution in [3.05, 3.63) is 32.8 Å². The molecule has 16 heavy (non-hydrogen) atoms. The molecular formula is C10H11BrN2O3. The fourth-order valence-corrected chi connectivity index (χ4v) is 1.39. The van der Waals surface area contributed by atoms with Crippen molar-refractivity contribution in [2.75, 3.05) is 5.32 Å². The summed E-state index contributed by atoms with van der Waals surface area (Å²) in [6, 6.07) is 4.50. The molecule has 6 heteroatoms. The number of nitrogens with one attached hydrogen (secondary N) is 1. The largest absolute Gasteiger partial charge is 0.320 e. The predicted octanol–water partition coefficient (Wildman–Crippen LogP) is 2.95. The number of rotatable bonds is 3. The Morgan fingerprint density at radius 1 is 1.50 bits per heavy atom. The lowest BCUT2D eigenvalue weighted by molar-refractivity contribution is -0.384. The molecule has 0 aliphatic rings. The lowest BCUT2D eigenvalue weighted by Crippen LogP contribution is -2.18. The molecule has 0 radical (unpaired) electrons. The van der Waals surface area contributed by atoms with Gasteiger partial charge in [-0.1, -0.05) is 29.8 Å². The van der Waals surface area contributed by atoms with Gasteiger partial charge in [0.05, 0.1) is 4.92 Å². The van der Waals surface area contributed by atoms with E-state index < -0.39 is 4.92 Å². The summed E-state index contributed by atoms with van der Waals surface area (Å²) >= 11 is 3.14. The molecule has 1 N–H and O–H groups in total. The molecule has 1 aromatic carbocycles. The highest BCUT2D eigenvalue weighted by molar-refractivity contribution is 9.10. The lowest BCUT2D eigenvalue weighted by Gasteiger charge is -2.08. The van der Waals surface area contributed by atoms with Crippen LogP contribution < -0.4 is 5.32 Å². The number of nitro benzene ring substituents is 1. The smallest absolute Gasteiger partial charge is 0.293 e. The van der Waals surface area contributed by atoms with Crippen LogP contribution in [0.1, 0.15) is 13.8 Å².